The van der Waals surface area contributed by atoms with Gasteiger partial charge in [-0.3, -0.25) is 4.79 Å². The summed E-state index contributed by atoms with van der Waals surface area (Å²) in [5.74, 6) is -0.889. The molecule has 0 aromatic heterocycles. The van der Waals surface area contributed by atoms with E-state index >= 15 is 0 Å². The predicted octanol–water partition coefficient (Wildman–Crippen LogP) is 2.59. The molecule has 1 saturated heterocycles. The number of likely N-dealkylation sites (tertiary alicyclic amines) is 1. The molecule has 1 atom stereocenters. The van der Waals surface area contributed by atoms with Gasteiger partial charge in [-0.15, -0.1) is 0 Å². The maximum Gasteiger partial charge on any atom is 0.416 e. The number of benzene rings is 1. The van der Waals surface area contributed by atoms with Gasteiger partial charge in [0.25, 0.3) is 0 Å². The van der Waals surface area contributed by atoms with Gasteiger partial charge in [0.2, 0.25) is 0 Å². The summed E-state index contributed by atoms with van der Waals surface area (Å²) in [6.45, 7) is 2.12. The molecule has 6 nitrogen and oxygen atoms in total. The minimum atomic E-state index is -4.44. The SMILES string of the molecule is CC1(C(=O)O)CCN(C(=O)NCCOc2cccc(C(F)(F)F)c2)C1. The lowest BCUT2D eigenvalue weighted by atomic mass is 9.90. The number of rotatable bonds is 5. The first-order valence-corrected chi connectivity index (χ1v) is 7.68. The van der Waals surface area contributed by atoms with E-state index in [9.17, 15) is 22.8 Å². The molecule has 1 aliphatic heterocycles. The lowest BCUT2D eigenvalue weighted by Gasteiger charge is -2.20. The summed E-state index contributed by atoms with van der Waals surface area (Å²) in [5, 5.41) is 11.7. The third-order valence-corrected chi connectivity index (χ3v) is 4.09. The first kappa shape index (κ1) is 18.9. The van der Waals surface area contributed by atoms with Crippen molar-refractivity contribution in [1.82, 2.24) is 10.2 Å². The number of carboxylic acids is 1. The van der Waals surface area contributed by atoms with Crippen LogP contribution < -0.4 is 10.1 Å². The maximum atomic E-state index is 12.6. The van der Waals surface area contributed by atoms with E-state index in [4.69, 9.17) is 9.84 Å². The number of ether oxygens (including phenoxy) is 1. The summed E-state index contributed by atoms with van der Waals surface area (Å²) < 4.78 is 43.0. The number of aliphatic carboxylic acids is 1. The van der Waals surface area contributed by atoms with Crippen molar-refractivity contribution < 1.29 is 32.6 Å². The fourth-order valence-corrected chi connectivity index (χ4v) is 2.51. The molecule has 0 bridgehead atoms. The van der Waals surface area contributed by atoms with E-state index < -0.39 is 29.2 Å². The molecule has 0 aliphatic carbocycles. The monoisotopic (exact) mass is 360 g/mol. The van der Waals surface area contributed by atoms with Gasteiger partial charge in [0.1, 0.15) is 12.4 Å². The van der Waals surface area contributed by atoms with Crippen molar-refractivity contribution in [3.8, 4) is 5.75 Å². The minimum absolute atomic E-state index is 0.00289. The summed E-state index contributed by atoms with van der Waals surface area (Å²) in [6, 6.07) is 4.06. The first-order chi connectivity index (χ1) is 11.6. The van der Waals surface area contributed by atoms with Crippen molar-refractivity contribution in [2.45, 2.75) is 19.5 Å². The zero-order valence-corrected chi connectivity index (χ0v) is 13.6. The van der Waals surface area contributed by atoms with E-state index in [1.807, 2.05) is 0 Å². The Morgan fingerprint density at radius 3 is 2.72 bits per heavy atom. The van der Waals surface area contributed by atoms with Crippen molar-refractivity contribution in [2.24, 2.45) is 5.41 Å². The molecule has 0 radical (unpaired) electrons. The van der Waals surface area contributed by atoms with Crippen LogP contribution in [0.2, 0.25) is 0 Å². The Labute approximate surface area is 142 Å². The number of carbonyl (C=O) groups excluding carboxylic acids is 1. The predicted molar refractivity (Wildman–Crippen MR) is 82.3 cm³/mol. The molecule has 2 rings (SSSR count). The van der Waals surface area contributed by atoms with E-state index in [1.165, 1.54) is 17.0 Å². The molecule has 9 heteroatoms. The van der Waals surface area contributed by atoms with Gasteiger partial charge in [-0.05, 0) is 31.5 Å². The van der Waals surface area contributed by atoms with E-state index in [0.29, 0.717) is 13.0 Å². The van der Waals surface area contributed by atoms with Crippen molar-refractivity contribution in [2.75, 3.05) is 26.2 Å². The Balaban J connectivity index is 1.77. The van der Waals surface area contributed by atoms with Gasteiger partial charge in [-0.2, -0.15) is 13.2 Å². The summed E-state index contributed by atoms with van der Waals surface area (Å²) >= 11 is 0. The molecule has 1 aliphatic rings. The molecule has 1 heterocycles. The van der Waals surface area contributed by atoms with Gasteiger partial charge in [0.05, 0.1) is 17.5 Å². The van der Waals surface area contributed by atoms with Gasteiger partial charge in [-0.25, -0.2) is 4.79 Å². The van der Waals surface area contributed by atoms with E-state index in [0.717, 1.165) is 12.1 Å². The molecular formula is C16H19F3N2O4. The van der Waals surface area contributed by atoms with E-state index in [-0.39, 0.29) is 25.4 Å². The lowest BCUT2D eigenvalue weighted by molar-refractivity contribution is -0.147. The van der Waals surface area contributed by atoms with Crippen LogP contribution in [-0.4, -0.2) is 48.2 Å². The zero-order chi connectivity index (χ0) is 18.7. The molecule has 2 N–H and O–H groups in total. The Hall–Kier alpha value is -2.45. The number of nitrogens with zero attached hydrogens (tertiary/aromatic N) is 1. The average molecular weight is 360 g/mol. The van der Waals surface area contributed by atoms with Gasteiger partial charge in [0, 0.05) is 13.1 Å². The van der Waals surface area contributed by atoms with Crippen LogP contribution in [0.5, 0.6) is 5.75 Å². The topological polar surface area (TPSA) is 78.9 Å². The highest BCUT2D eigenvalue weighted by atomic mass is 19.4. The number of nitrogens with one attached hydrogen (secondary N) is 1. The normalized spacial score (nSPS) is 20.4. The Kier molecular flexibility index (Phi) is 5.44. The first-order valence-electron chi connectivity index (χ1n) is 7.68. The maximum absolute atomic E-state index is 12.6. The van der Waals surface area contributed by atoms with Gasteiger partial charge < -0.3 is 20.1 Å². The zero-order valence-electron chi connectivity index (χ0n) is 13.6. The molecule has 1 aromatic rings. The van der Waals surface area contributed by atoms with Gasteiger partial charge in [0.15, 0.2) is 0 Å². The highest BCUT2D eigenvalue weighted by Gasteiger charge is 2.42. The molecule has 25 heavy (non-hydrogen) atoms. The molecule has 1 unspecified atom stereocenters. The molecule has 138 valence electrons. The second-order valence-corrected chi connectivity index (χ2v) is 6.14. The van der Waals surface area contributed by atoms with Crippen LogP contribution in [0.4, 0.5) is 18.0 Å². The van der Waals surface area contributed by atoms with Crippen LogP contribution in [0.15, 0.2) is 24.3 Å². The van der Waals surface area contributed by atoms with Crippen molar-refractivity contribution in [1.29, 1.82) is 0 Å². The largest absolute Gasteiger partial charge is 0.492 e. The molecule has 0 saturated carbocycles. The fraction of sp³-hybridized carbons (Fsp3) is 0.500. The number of amides is 2. The second-order valence-electron chi connectivity index (χ2n) is 6.14. The van der Waals surface area contributed by atoms with Gasteiger partial charge >= 0.3 is 18.2 Å². The summed E-state index contributed by atoms with van der Waals surface area (Å²) in [5.41, 5.74) is -1.76. The summed E-state index contributed by atoms with van der Waals surface area (Å²) in [4.78, 5) is 24.5. The van der Waals surface area contributed by atoms with Crippen LogP contribution in [-0.2, 0) is 11.0 Å². The number of halogens is 3. The molecule has 1 fully saturated rings. The number of carbonyl (C=O) groups is 2. The smallest absolute Gasteiger partial charge is 0.416 e. The van der Waals surface area contributed by atoms with Gasteiger partial charge in [-0.1, -0.05) is 6.07 Å². The summed E-state index contributed by atoms with van der Waals surface area (Å²) in [7, 11) is 0. The second kappa shape index (κ2) is 7.20. The minimum Gasteiger partial charge on any atom is -0.492 e. The third-order valence-electron chi connectivity index (χ3n) is 4.09. The highest BCUT2D eigenvalue weighted by molar-refractivity contribution is 5.79. The van der Waals surface area contributed by atoms with Crippen LogP contribution in [0.3, 0.4) is 0 Å². The number of urea groups is 1. The molecule has 1 aromatic carbocycles. The average Bonchev–Trinajstić information content (AvgIpc) is 2.95. The van der Waals surface area contributed by atoms with Crippen molar-refractivity contribution >= 4 is 12.0 Å². The summed E-state index contributed by atoms with van der Waals surface area (Å²) in [6.07, 6.45) is -4.07. The van der Waals surface area contributed by atoms with Crippen LogP contribution in [0.1, 0.15) is 18.9 Å². The number of hydrogen-bond donors (Lipinski definition) is 2. The third kappa shape index (κ3) is 4.77. The Bertz CT molecular complexity index is 651. The molecule has 0 spiro atoms. The number of hydrogen-bond acceptors (Lipinski definition) is 3. The van der Waals surface area contributed by atoms with Crippen molar-refractivity contribution in [3.05, 3.63) is 29.8 Å². The lowest BCUT2D eigenvalue weighted by Crippen LogP contribution is -2.42. The fourth-order valence-electron chi connectivity index (χ4n) is 2.51. The Morgan fingerprint density at radius 1 is 1.40 bits per heavy atom. The van der Waals surface area contributed by atoms with Crippen molar-refractivity contribution in [3.63, 3.8) is 0 Å². The Morgan fingerprint density at radius 2 is 2.12 bits per heavy atom. The van der Waals surface area contributed by atoms with Crippen LogP contribution in [0, 0.1) is 5.41 Å². The van der Waals surface area contributed by atoms with Crippen LogP contribution in [0.25, 0.3) is 0 Å². The van der Waals surface area contributed by atoms with E-state index in [2.05, 4.69) is 5.32 Å². The van der Waals surface area contributed by atoms with E-state index in [1.54, 1.807) is 6.92 Å². The quantitative estimate of drug-likeness (QED) is 0.791. The van der Waals surface area contributed by atoms with Crippen LogP contribution >= 0.6 is 0 Å². The number of carboxylic acid groups (broad SMARTS) is 1. The standard InChI is InChI=1S/C16H19F3N2O4/c1-15(13(22)23)5-7-21(10-15)14(24)20-6-8-25-12-4-2-3-11(9-12)16(17,18)19/h2-4,9H,5-8,10H2,1H3,(H,20,24)(H,22,23). The molecule has 2 amide bonds. The molecular weight excluding hydrogens is 341 g/mol. The number of alkyl halides is 3. The highest BCUT2D eigenvalue weighted by Crippen LogP contribution is 2.31.